The second kappa shape index (κ2) is 12.6. The Balaban J connectivity index is 0.000000191. The Bertz CT molecular complexity index is 1710. The van der Waals surface area contributed by atoms with Crippen molar-refractivity contribution in [3.63, 3.8) is 0 Å². The number of esters is 1. The van der Waals surface area contributed by atoms with E-state index in [-0.39, 0.29) is 23.3 Å². The molecule has 208 valence electrons. The maximum atomic E-state index is 12.2. The van der Waals surface area contributed by atoms with Crippen LogP contribution in [0.25, 0.3) is 11.1 Å². The maximum absolute atomic E-state index is 12.2. The average molecular weight is 569 g/mol. The van der Waals surface area contributed by atoms with E-state index >= 15 is 0 Å². The van der Waals surface area contributed by atoms with Crippen LogP contribution in [0.4, 0.5) is 0 Å². The summed E-state index contributed by atoms with van der Waals surface area (Å²) in [6.07, 6.45) is 1.17. The van der Waals surface area contributed by atoms with Gasteiger partial charge < -0.3 is 9.84 Å². The summed E-state index contributed by atoms with van der Waals surface area (Å²) in [6.45, 7) is 1.80. The fraction of sp³-hybridized carbons (Fsp3) is 0.121. The van der Waals surface area contributed by atoms with E-state index in [0.717, 1.165) is 16.7 Å². The zero-order valence-corrected chi connectivity index (χ0v) is 23.3. The van der Waals surface area contributed by atoms with Gasteiger partial charge in [-0.1, -0.05) is 91.0 Å². The highest BCUT2D eigenvalue weighted by Gasteiger charge is 2.27. The van der Waals surface area contributed by atoms with Crippen LogP contribution < -0.4 is 0 Å². The van der Waals surface area contributed by atoms with Crippen molar-refractivity contribution < 1.29 is 32.6 Å². The summed E-state index contributed by atoms with van der Waals surface area (Å²) in [5.41, 5.74) is 4.64. The van der Waals surface area contributed by atoms with Crippen molar-refractivity contribution in [2.24, 2.45) is 0 Å². The standard InChI is InChI=1S/C17H14O4S.C16H14O3/c1-22(19,20)14-9-7-12(8-10-14)15-11-21-17(18)16(15)13-5-3-2-4-6-13;1-11(16(18)19)13-8-5-9-14(10-13)15(17)12-6-3-2-4-7-12/h2-10H,11H2,1H3;2-11H,1H3,(H,18,19)/t;11-/m.0/s1. The molecule has 5 rings (SSSR count). The van der Waals surface area contributed by atoms with Crippen molar-refractivity contribution in [2.75, 3.05) is 12.9 Å². The molecule has 0 saturated carbocycles. The van der Waals surface area contributed by atoms with Crippen molar-refractivity contribution in [1.29, 1.82) is 0 Å². The molecule has 1 aliphatic heterocycles. The van der Waals surface area contributed by atoms with Crippen LogP contribution in [-0.2, 0) is 24.2 Å². The van der Waals surface area contributed by atoms with E-state index in [4.69, 9.17) is 9.84 Å². The summed E-state index contributed by atoms with van der Waals surface area (Å²) in [5, 5.41) is 9.00. The first-order valence-corrected chi connectivity index (χ1v) is 14.6. The number of aliphatic carboxylic acids is 1. The number of sulfone groups is 1. The lowest BCUT2D eigenvalue weighted by Gasteiger charge is -2.08. The molecule has 1 N–H and O–H groups in total. The fourth-order valence-corrected chi connectivity index (χ4v) is 4.91. The second-order valence-corrected chi connectivity index (χ2v) is 11.5. The summed E-state index contributed by atoms with van der Waals surface area (Å²) in [6, 6.07) is 31.5. The monoisotopic (exact) mass is 568 g/mol. The normalized spacial score (nSPS) is 13.6. The van der Waals surface area contributed by atoms with E-state index < -0.39 is 21.7 Å². The predicted molar refractivity (Wildman–Crippen MR) is 156 cm³/mol. The van der Waals surface area contributed by atoms with E-state index in [2.05, 4.69) is 0 Å². The molecule has 0 aliphatic carbocycles. The Hall–Kier alpha value is -4.82. The maximum Gasteiger partial charge on any atom is 0.339 e. The molecule has 1 heterocycles. The molecule has 0 radical (unpaired) electrons. The quantitative estimate of drug-likeness (QED) is 0.226. The number of benzene rings is 4. The van der Waals surface area contributed by atoms with Crippen LogP contribution in [0.3, 0.4) is 0 Å². The molecule has 0 unspecified atom stereocenters. The first kappa shape index (κ1) is 29.2. The molecule has 0 aromatic heterocycles. The molecule has 1 aliphatic rings. The Morgan fingerprint density at radius 3 is 1.95 bits per heavy atom. The third kappa shape index (κ3) is 7.04. The average Bonchev–Trinajstić information content (AvgIpc) is 3.38. The van der Waals surface area contributed by atoms with Gasteiger partial charge in [-0.05, 0) is 41.8 Å². The van der Waals surface area contributed by atoms with Gasteiger partial charge in [-0.2, -0.15) is 0 Å². The molecule has 1 atom stereocenters. The third-order valence-corrected chi connectivity index (χ3v) is 7.73. The van der Waals surface area contributed by atoms with E-state index in [9.17, 15) is 22.8 Å². The van der Waals surface area contributed by atoms with Gasteiger partial charge in [0.15, 0.2) is 15.6 Å². The number of ether oxygens (including phenoxy) is 1. The SMILES string of the molecule is CS(=O)(=O)c1ccc(C2=C(c3ccccc3)C(=O)OC2)cc1.C[C@H](C(=O)O)c1cccc(C(=O)c2ccccc2)c1. The zero-order valence-electron chi connectivity index (χ0n) is 22.5. The van der Waals surface area contributed by atoms with Gasteiger partial charge in [-0.25, -0.2) is 13.2 Å². The molecule has 0 bridgehead atoms. The smallest absolute Gasteiger partial charge is 0.339 e. The Kier molecular flexibility index (Phi) is 8.94. The van der Waals surface area contributed by atoms with Gasteiger partial charge >= 0.3 is 11.9 Å². The van der Waals surface area contributed by atoms with E-state index in [1.165, 1.54) is 6.26 Å². The zero-order chi connectivity index (χ0) is 29.6. The number of cyclic esters (lactones) is 1. The molecule has 0 amide bonds. The van der Waals surface area contributed by atoms with Gasteiger partial charge in [0.05, 0.1) is 16.4 Å². The van der Waals surface area contributed by atoms with Crippen molar-refractivity contribution >= 4 is 38.7 Å². The van der Waals surface area contributed by atoms with Crippen molar-refractivity contribution in [2.45, 2.75) is 17.7 Å². The van der Waals surface area contributed by atoms with Crippen molar-refractivity contribution in [3.8, 4) is 0 Å². The van der Waals surface area contributed by atoms with Gasteiger partial charge in [0, 0.05) is 23.0 Å². The Morgan fingerprint density at radius 1 is 0.780 bits per heavy atom. The summed E-state index contributed by atoms with van der Waals surface area (Å²) in [7, 11) is -3.23. The number of carbonyl (C=O) groups excluding carboxylic acids is 2. The third-order valence-electron chi connectivity index (χ3n) is 6.60. The number of carboxylic acids is 1. The predicted octanol–water partition coefficient (Wildman–Crippen LogP) is 5.66. The summed E-state index contributed by atoms with van der Waals surface area (Å²) >= 11 is 0. The van der Waals surface area contributed by atoms with E-state index in [1.54, 1.807) is 79.7 Å². The Labute approximate surface area is 238 Å². The van der Waals surface area contributed by atoms with Crippen molar-refractivity contribution in [3.05, 3.63) is 137 Å². The second-order valence-electron chi connectivity index (χ2n) is 9.47. The van der Waals surface area contributed by atoms with Crippen LogP contribution in [0.5, 0.6) is 0 Å². The first-order chi connectivity index (χ1) is 19.6. The van der Waals surface area contributed by atoms with Crippen LogP contribution >= 0.6 is 0 Å². The number of rotatable bonds is 7. The van der Waals surface area contributed by atoms with Gasteiger partial charge in [-0.3, -0.25) is 9.59 Å². The molecule has 4 aromatic rings. The summed E-state index contributed by atoms with van der Waals surface area (Å²) < 4.78 is 28.2. The molecule has 0 fully saturated rings. The van der Waals surface area contributed by atoms with Crippen LogP contribution in [0.2, 0.25) is 0 Å². The van der Waals surface area contributed by atoms with E-state index in [0.29, 0.717) is 22.3 Å². The molecular weight excluding hydrogens is 540 g/mol. The minimum Gasteiger partial charge on any atom is -0.481 e. The molecule has 7 nitrogen and oxygen atoms in total. The molecular formula is C33H28O7S. The van der Waals surface area contributed by atoms with Gasteiger partial charge in [-0.15, -0.1) is 0 Å². The summed E-state index contributed by atoms with van der Waals surface area (Å²) in [4.78, 5) is 35.5. The number of hydrogen-bond acceptors (Lipinski definition) is 6. The fourth-order valence-electron chi connectivity index (χ4n) is 4.28. The number of carboxylic acid groups (broad SMARTS) is 1. The largest absolute Gasteiger partial charge is 0.481 e. The minimum absolute atomic E-state index is 0.0972. The molecule has 0 spiro atoms. The van der Waals surface area contributed by atoms with Crippen LogP contribution in [0, 0.1) is 0 Å². The molecule has 0 saturated heterocycles. The lowest BCUT2D eigenvalue weighted by Crippen LogP contribution is -2.09. The van der Waals surface area contributed by atoms with E-state index in [1.807, 2.05) is 36.4 Å². The highest BCUT2D eigenvalue weighted by molar-refractivity contribution is 7.90. The van der Waals surface area contributed by atoms with Crippen molar-refractivity contribution in [1.82, 2.24) is 0 Å². The topological polar surface area (TPSA) is 115 Å². The highest BCUT2D eigenvalue weighted by atomic mass is 32.2. The van der Waals surface area contributed by atoms with Crippen LogP contribution in [0.1, 0.15) is 45.5 Å². The highest BCUT2D eigenvalue weighted by Crippen LogP contribution is 2.33. The first-order valence-electron chi connectivity index (χ1n) is 12.7. The van der Waals surface area contributed by atoms with Crippen LogP contribution in [-0.4, -0.2) is 44.1 Å². The molecule has 4 aromatic carbocycles. The minimum atomic E-state index is -3.23. The molecule has 8 heteroatoms. The van der Waals surface area contributed by atoms with Gasteiger partial charge in [0.2, 0.25) is 0 Å². The number of ketones is 1. The lowest BCUT2D eigenvalue weighted by atomic mass is 9.96. The lowest BCUT2D eigenvalue weighted by molar-refractivity contribution is -0.138. The van der Waals surface area contributed by atoms with Gasteiger partial charge in [0.25, 0.3) is 0 Å². The van der Waals surface area contributed by atoms with Gasteiger partial charge in [0.1, 0.15) is 6.61 Å². The number of carbonyl (C=O) groups is 3. The summed E-state index contributed by atoms with van der Waals surface area (Å²) in [5.74, 6) is -1.97. The molecule has 41 heavy (non-hydrogen) atoms. The Morgan fingerprint density at radius 2 is 1.37 bits per heavy atom. The number of hydrogen-bond donors (Lipinski definition) is 1. The van der Waals surface area contributed by atoms with Crippen LogP contribution in [0.15, 0.2) is 114 Å².